The Morgan fingerprint density at radius 3 is 2.76 bits per heavy atom. The van der Waals surface area contributed by atoms with Crippen LogP contribution in [0, 0.1) is 0 Å². The number of carbonyl (C=O) groups is 4. The molecule has 2 aliphatic rings. The predicted octanol–water partition coefficient (Wildman–Crippen LogP) is -0.795. The minimum atomic E-state index is -1.34. The number of ether oxygens (including phenoxy) is 1. The fourth-order valence-electron chi connectivity index (χ4n) is 2.80. The van der Waals surface area contributed by atoms with Crippen LogP contribution in [-0.2, 0) is 23.9 Å². The third-order valence-corrected chi connectivity index (χ3v) is 6.08. The number of β-lactam (4-membered cyclic amide) rings is 1. The number of nitrogens with two attached hydrogens (primary N) is 1. The number of nitrogen functional groups attached to an aromatic ring is 1. The molecule has 0 spiro atoms. The number of anilines is 1. The summed E-state index contributed by atoms with van der Waals surface area (Å²) in [5, 5.41) is 24.9. The second-order valence-corrected chi connectivity index (χ2v) is 7.91. The lowest BCUT2D eigenvalue weighted by atomic mass is 10.0. The molecule has 2 atom stereocenters. The average molecular weight is 441 g/mol. The first kappa shape index (κ1) is 20.6. The molecule has 0 radical (unpaired) electrons. The summed E-state index contributed by atoms with van der Waals surface area (Å²) in [7, 11) is 0. The number of fused-ring (bicyclic) bond motifs is 1. The van der Waals surface area contributed by atoms with Gasteiger partial charge < -0.3 is 26.1 Å². The Balaban J connectivity index is 1.76. The van der Waals surface area contributed by atoms with Gasteiger partial charge in [-0.3, -0.25) is 19.3 Å². The van der Waals surface area contributed by atoms with Crippen molar-refractivity contribution in [1.82, 2.24) is 15.2 Å². The van der Waals surface area contributed by atoms with Gasteiger partial charge in [-0.25, -0.2) is 9.78 Å². The van der Waals surface area contributed by atoms with Crippen LogP contribution in [0.4, 0.5) is 5.13 Å². The molecule has 1 saturated heterocycles. The van der Waals surface area contributed by atoms with E-state index in [-0.39, 0.29) is 34.5 Å². The van der Waals surface area contributed by atoms with Gasteiger partial charge in [-0.05, 0) is 0 Å². The molecular formula is C15H15N5O7S2. The number of thiazole rings is 1. The van der Waals surface area contributed by atoms with Gasteiger partial charge >= 0.3 is 11.9 Å². The highest BCUT2D eigenvalue weighted by atomic mass is 32.2. The summed E-state index contributed by atoms with van der Waals surface area (Å²) in [5.74, 6) is -3.23. The highest BCUT2D eigenvalue weighted by Crippen LogP contribution is 2.40. The maximum atomic E-state index is 12.5. The van der Waals surface area contributed by atoms with Crippen LogP contribution in [0.15, 0.2) is 21.8 Å². The zero-order valence-corrected chi connectivity index (χ0v) is 16.5. The van der Waals surface area contributed by atoms with E-state index in [1.807, 2.05) is 0 Å². The maximum absolute atomic E-state index is 12.5. The van der Waals surface area contributed by atoms with Crippen molar-refractivity contribution in [2.24, 2.45) is 5.16 Å². The highest BCUT2D eigenvalue weighted by molar-refractivity contribution is 8.00. The van der Waals surface area contributed by atoms with E-state index in [0.717, 1.165) is 16.2 Å². The van der Waals surface area contributed by atoms with E-state index in [4.69, 9.17) is 15.7 Å². The predicted molar refractivity (Wildman–Crippen MR) is 101 cm³/mol. The number of aromatic nitrogens is 1. The molecule has 3 heterocycles. The first-order chi connectivity index (χ1) is 13.7. The topological polar surface area (TPSA) is 185 Å². The SMILES string of the molecule is CC(=O)OCC1=C(C(=O)O)N2C(=O)C(NC(=O)C(=NO)c3csc(N)n3)[C@H]2SC1. The molecule has 154 valence electrons. The van der Waals surface area contributed by atoms with E-state index in [1.165, 1.54) is 24.1 Å². The van der Waals surface area contributed by atoms with Crippen LogP contribution in [0.5, 0.6) is 0 Å². The smallest absolute Gasteiger partial charge is 0.352 e. The number of hydrogen-bond acceptors (Lipinski definition) is 11. The summed E-state index contributed by atoms with van der Waals surface area (Å²) in [4.78, 5) is 52.5. The molecule has 1 aromatic rings. The van der Waals surface area contributed by atoms with E-state index < -0.39 is 40.9 Å². The van der Waals surface area contributed by atoms with Crippen molar-refractivity contribution in [2.45, 2.75) is 18.3 Å². The standard InChI is InChI=1S/C15H15N5O7S2/c1-5(21)27-2-6-3-28-13-9(12(23)20(13)10(6)14(24)25)18-11(22)8(19-26)7-4-29-15(16)17-7/h4,9,13,26H,2-3H2,1H3,(H2,16,17)(H,18,22)(H,24,25)/t9?,13-/m1/s1. The molecule has 2 aliphatic heterocycles. The Labute approximate surface area is 171 Å². The lowest BCUT2D eigenvalue weighted by Gasteiger charge is -2.49. The summed E-state index contributed by atoms with van der Waals surface area (Å²) in [6.07, 6.45) is 0. The van der Waals surface area contributed by atoms with E-state index in [2.05, 4.69) is 15.5 Å². The average Bonchev–Trinajstić information content (AvgIpc) is 3.09. The molecule has 0 aromatic carbocycles. The number of nitrogens with zero attached hydrogens (tertiary/aromatic N) is 3. The molecule has 2 amide bonds. The molecule has 5 N–H and O–H groups in total. The number of nitrogens with one attached hydrogen (secondary N) is 1. The lowest BCUT2D eigenvalue weighted by Crippen LogP contribution is -2.71. The van der Waals surface area contributed by atoms with Gasteiger partial charge in [-0.15, -0.1) is 23.1 Å². The minimum Gasteiger partial charge on any atom is -0.477 e. The molecule has 12 nitrogen and oxygen atoms in total. The van der Waals surface area contributed by atoms with Crippen molar-refractivity contribution in [3.05, 3.63) is 22.3 Å². The third kappa shape index (κ3) is 3.88. The number of rotatable bonds is 6. The second kappa shape index (κ2) is 8.08. The minimum absolute atomic E-state index is 0.0437. The van der Waals surface area contributed by atoms with Crippen LogP contribution >= 0.6 is 23.1 Å². The van der Waals surface area contributed by atoms with Crippen LogP contribution in [0.3, 0.4) is 0 Å². The Kier molecular flexibility index (Phi) is 5.74. The van der Waals surface area contributed by atoms with Crippen molar-refractivity contribution in [1.29, 1.82) is 0 Å². The maximum Gasteiger partial charge on any atom is 0.352 e. The number of carboxylic acids is 1. The van der Waals surface area contributed by atoms with Gasteiger partial charge in [0, 0.05) is 23.6 Å². The number of thioether (sulfide) groups is 1. The van der Waals surface area contributed by atoms with Crippen LogP contribution in [0.25, 0.3) is 0 Å². The van der Waals surface area contributed by atoms with Gasteiger partial charge in [0.15, 0.2) is 10.8 Å². The monoisotopic (exact) mass is 441 g/mol. The molecular weight excluding hydrogens is 426 g/mol. The molecule has 0 bridgehead atoms. The van der Waals surface area contributed by atoms with Crippen LogP contribution in [-0.4, -0.2) is 73.4 Å². The second-order valence-electron chi connectivity index (χ2n) is 5.92. The largest absolute Gasteiger partial charge is 0.477 e. The van der Waals surface area contributed by atoms with Crippen molar-refractivity contribution in [3.8, 4) is 0 Å². The quantitative estimate of drug-likeness (QED) is 0.143. The number of aliphatic carboxylic acids is 1. The van der Waals surface area contributed by atoms with Crippen molar-refractivity contribution >= 4 is 57.7 Å². The molecule has 1 aromatic heterocycles. The van der Waals surface area contributed by atoms with Crippen LogP contribution in [0.1, 0.15) is 12.6 Å². The first-order valence-electron chi connectivity index (χ1n) is 8.02. The molecule has 0 saturated carbocycles. The summed E-state index contributed by atoms with van der Waals surface area (Å²) in [5.41, 5.74) is 5.13. The number of oxime groups is 1. The van der Waals surface area contributed by atoms with Gasteiger partial charge in [0.25, 0.3) is 11.8 Å². The number of esters is 1. The number of hydrogen-bond donors (Lipinski definition) is 4. The molecule has 29 heavy (non-hydrogen) atoms. The first-order valence-corrected chi connectivity index (χ1v) is 9.95. The fraction of sp³-hybridized carbons (Fsp3) is 0.333. The summed E-state index contributed by atoms with van der Waals surface area (Å²) >= 11 is 2.25. The zero-order chi connectivity index (χ0) is 21.3. The van der Waals surface area contributed by atoms with E-state index >= 15 is 0 Å². The number of carbonyl (C=O) groups excluding carboxylic acids is 3. The molecule has 1 fully saturated rings. The normalized spacial score (nSPS) is 21.3. The molecule has 0 aliphatic carbocycles. The lowest BCUT2D eigenvalue weighted by molar-refractivity contribution is -0.150. The summed E-state index contributed by atoms with van der Waals surface area (Å²) in [6, 6.07) is -1.02. The zero-order valence-electron chi connectivity index (χ0n) is 14.8. The Hall–Kier alpha value is -3.13. The Morgan fingerprint density at radius 2 is 2.21 bits per heavy atom. The molecule has 1 unspecified atom stereocenters. The van der Waals surface area contributed by atoms with Crippen LogP contribution in [0.2, 0.25) is 0 Å². The van der Waals surface area contributed by atoms with Gasteiger partial charge in [-0.2, -0.15) is 0 Å². The summed E-state index contributed by atoms with van der Waals surface area (Å²) in [6.45, 7) is 0.945. The summed E-state index contributed by atoms with van der Waals surface area (Å²) < 4.78 is 4.85. The van der Waals surface area contributed by atoms with E-state index in [9.17, 15) is 24.3 Å². The molecule has 14 heteroatoms. The fourth-order valence-corrected chi connectivity index (χ4v) is 4.68. The molecule has 3 rings (SSSR count). The number of carboxylic acid groups (broad SMARTS) is 1. The van der Waals surface area contributed by atoms with Crippen molar-refractivity contribution in [2.75, 3.05) is 18.1 Å². The van der Waals surface area contributed by atoms with Crippen molar-refractivity contribution < 1.29 is 34.2 Å². The third-order valence-electron chi connectivity index (χ3n) is 4.07. The van der Waals surface area contributed by atoms with Crippen LogP contribution < -0.4 is 11.1 Å². The van der Waals surface area contributed by atoms with Gasteiger partial charge in [0.1, 0.15) is 29.4 Å². The van der Waals surface area contributed by atoms with Gasteiger partial charge in [0.2, 0.25) is 0 Å². The van der Waals surface area contributed by atoms with E-state index in [1.54, 1.807) is 0 Å². The highest BCUT2D eigenvalue weighted by Gasteiger charge is 2.54. The van der Waals surface area contributed by atoms with E-state index in [0.29, 0.717) is 0 Å². The Morgan fingerprint density at radius 1 is 1.48 bits per heavy atom. The van der Waals surface area contributed by atoms with Crippen molar-refractivity contribution in [3.63, 3.8) is 0 Å². The number of amides is 2. The van der Waals surface area contributed by atoms with Gasteiger partial charge in [0.05, 0.1) is 0 Å². The Bertz CT molecular complexity index is 957. The van der Waals surface area contributed by atoms with Gasteiger partial charge in [-0.1, -0.05) is 5.16 Å².